The van der Waals surface area contributed by atoms with Gasteiger partial charge in [-0.1, -0.05) is 35.2 Å². The lowest BCUT2D eigenvalue weighted by Crippen LogP contribution is -2.16. The maximum Gasteiger partial charge on any atom is 0.234 e. The standard InChI is InChI=1S/C19H21N5OS2/c1-12-6-5-7-14(13(12)2)22-15(25)10-26-18-16-17(20-11-21-18)23-19(27-16)24-8-3-4-9-24/h5-7,11H,3-4,8-10H2,1-2H3,(H,22,25). The molecule has 0 saturated carbocycles. The van der Waals surface area contributed by atoms with Gasteiger partial charge in [-0.3, -0.25) is 4.79 Å². The number of aromatic nitrogens is 3. The van der Waals surface area contributed by atoms with Gasteiger partial charge >= 0.3 is 0 Å². The van der Waals surface area contributed by atoms with Gasteiger partial charge in [-0.25, -0.2) is 9.97 Å². The second kappa shape index (κ2) is 7.82. The summed E-state index contributed by atoms with van der Waals surface area (Å²) in [4.78, 5) is 28.0. The van der Waals surface area contributed by atoms with Gasteiger partial charge in [0.25, 0.3) is 0 Å². The number of thioether (sulfide) groups is 1. The zero-order valence-corrected chi connectivity index (χ0v) is 17.0. The molecule has 4 rings (SSSR count). The highest BCUT2D eigenvalue weighted by Crippen LogP contribution is 2.34. The van der Waals surface area contributed by atoms with Crippen molar-refractivity contribution in [3.63, 3.8) is 0 Å². The van der Waals surface area contributed by atoms with Crippen molar-refractivity contribution in [1.29, 1.82) is 0 Å². The Morgan fingerprint density at radius 2 is 2.07 bits per heavy atom. The molecule has 1 aliphatic heterocycles. The number of hydrogen-bond acceptors (Lipinski definition) is 7. The zero-order valence-electron chi connectivity index (χ0n) is 15.4. The van der Waals surface area contributed by atoms with Gasteiger partial charge < -0.3 is 10.2 Å². The van der Waals surface area contributed by atoms with Crippen LogP contribution in [-0.2, 0) is 4.79 Å². The van der Waals surface area contributed by atoms with Crippen LogP contribution in [0.4, 0.5) is 10.8 Å². The smallest absolute Gasteiger partial charge is 0.234 e. The van der Waals surface area contributed by atoms with Crippen LogP contribution in [-0.4, -0.2) is 39.7 Å². The van der Waals surface area contributed by atoms with Crippen LogP contribution in [0.3, 0.4) is 0 Å². The van der Waals surface area contributed by atoms with E-state index < -0.39 is 0 Å². The molecule has 0 radical (unpaired) electrons. The van der Waals surface area contributed by atoms with Crippen LogP contribution in [0.25, 0.3) is 10.3 Å². The molecule has 6 nitrogen and oxygen atoms in total. The van der Waals surface area contributed by atoms with Crippen molar-refractivity contribution in [2.24, 2.45) is 0 Å². The summed E-state index contributed by atoms with van der Waals surface area (Å²) in [6.45, 7) is 6.16. The largest absolute Gasteiger partial charge is 0.348 e. The van der Waals surface area contributed by atoms with Crippen molar-refractivity contribution in [1.82, 2.24) is 15.0 Å². The van der Waals surface area contributed by atoms with E-state index in [1.54, 1.807) is 11.3 Å². The molecule has 0 aliphatic carbocycles. The second-order valence-corrected chi connectivity index (χ2v) is 8.55. The molecule has 1 saturated heterocycles. The summed E-state index contributed by atoms with van der Waals surface area (Å²) >= 11 is 3.05. The van der Waals surface area contributed by atoms with Gasteiger partial charge in [0.1, 0.15) is 16.1 Å². The first-order valence-corrected chi connectivity index (χ1v) is 10.8. The number of benzene rings is 1. The number of nitrogens with zero attached hydrogens (tertiary/aromatic N) is 4. The number of carbonyl (C=O) groups is 1. The predicted molar refractivity (Wildman–Crippen MR) is 112 cm³/mol. The minimum Gasteiger partial charge on any atom is -0.348 e. The van der Waals surface area contributed by atoms with Gasteiger partial charge in [0.15, 0.2) is 10.8 Å². The van der Waals surface area contributed by atoms with E-state index in [1.807, 2.05) is 32.0 Å². The Morgan fingerprint density at radius 3 is 2.89 bits per heavy atom. The fraction of sp³-hybridized carbons (Fsp3) is 0.368. The number of amides is 1. The van der Waals surface area contributed by atoms with Gasteiger partial charge in [-0.15, -0.1) is 0 Å². The summed E-state index contributed by atoms with van der Waals surface area (Å²) in [5.74, 6) is 0.265. The summed E-state index contributed by atoms with van der Waals surface area (Å²) in [6, 6.07) is 5.93. The van der Waals surface area contributed by atoms with Crippen molar-refractivity contribution in [3.05, 3.63) is 35.7 Å². The summed E-state index contributed by atoms with van der Waals surface area (Å²) in [5, 5.41) is 4.82. The normalized spacial score (nSPS) is 14.1. The Bertz CT molecular complexity index is 981. The van der Waals surface area contributed by atoms with Crippen molar-refractivity contribution < 1.29 is 4.79 Å². The lowest BCUT2D eigenvalue weighted by Gasteiger charge is -2.11. The molecule has 1 fully saturated rings. The third-order valence-corrected chi connectivity index (χ3v) is 6.97. The molecule has 1 N–H and O–H groups in total. The summed E-state index contributed by atoms with van der Waals surface area (Å²) in [7, 11) is 0. The minimum absolute atomic E-state index is 0.0373. The molecular weight excluding hydrogens is 378 g/mol. The number of fused-ring (bicyclic) bond motifs is 1. The van der Waals surface area contributed by atoms with Gasteiger partial charge in [-0.2, -0.15) is 4.98 Å². The zero-order chi connectivity index (χ0) is 18.8. The molecule has 0 unspecified atom stereocenters. The van der Waals surface area contributed by atoms with E-state index in [9.17, 15) is 4.79 Å². The number of nitrogens with one attached hydrogen (secondary N) is 1. The Morgan fingerprint density at radius 1 is 1.26 bits per heavy atom. The molecule has 140 valence electrons. The monoisotopic (exact) mass is 399 g/mol. The van der Waals surface area contributed by atoms with Crippen LogP contribution in [0.15, 0.2) is 29.6 Å². The average Bonchev–Trinajstić information content (AvgIpc) is 3.33. The van der Waals surface area contributed by atoms with E-state index in [0.717, 1.165) is 44.8 Å². The van der Waals surface area contributed by atoms with Crippen LogP contribution in [0.5, 0.6) is 0 Å². The Hall–Kier alpha value is -2.19. The molecule has 27 heavy (non-hydrogen) atoms. The van der Waals surface area contributed by atoms with E-state index in [-0.39, 0.29) is 5.91 Å². The molecule has 0 spiro atoms. The first-order chi connectivity index (χ1) is 13.1. The van der Waals surface area contributed by atoms with E-state index >= 15 is 0 Å². The van der Waals surface area contributed by atoms with Crippen molar-refractivity contribution in [3.8, 4) is 0 Å². The molecule has 8 heteroatoms. The number of thiazole rings is 1. The first kappa shape index (κ1) is 18.2. The summed E-state index contributed by atoms with van der Waals surface area (Å²) < 4.78 is 0.962. The van der Waals surface area contributed by atoms with Crippen LogP contribution in [0, 0.1) is 13.8 Å². The second-order valence-electron chi connectivity index (χ2n) is 6.61. The lowest BCUT2D eigenvalue weighted by molar-refractivity contribution is -0.113. The highest BCUT2D eigenvalue weighted by atomic mass is 32.2. The van der Waals surface area contributed by atoms with Crippen LogP contribution < -0.4 is 10.2 Å². The third-order valence-electron chi connectivity index (χ3n) is 4.74. The number of hydrogen-bond donors (Lipinski definition) is 1. The number of anilines is 2. The maximum absolute atomic E-state index is 12.4. The fourth-order valence-corrected chi connectivity index (χ4v) is 5.02. The Kier molecular flexibility index (Phi) is 5.27. The number of aryl methyl sites for hydroxylation is 1. The fourth-order valence-electron chi connectivity index (χ4n) is 3.08. The van der Waals surface area contributed by atoms with Crippen LogP contribution in [0.1, 0.15) is 24.0 Å². The SMILES string of the molecule is Cc1cccc(NC(=O)CSc2ncnc3nc(N4CCCC4)sc23)c1C. The van der Waals surface area contributed by atoms with E-state index in [0.29, 0.717) is 11.4 Å². The van der Waals surface area contributed by atoms with Gasteiger partial charge in [-0.05, 0) is 43.9 Å². The molecule has 3 heterocycles. The Labute approximate surface area is 166 Å². The van der Waals surface area contributed by atoms with E-state index in [1.165, 1.54) is 30.9 Å². The molecule has 1 amide bonds. The third kappa shape index (κ3) is 3.91. The van der Waals surface area contributed by atoms with E-state index in [2.05, 4.69) is 25.2 Å². The molecule has 1 aromatic carbocycles. The van der Waals surface area contributed by atoms with Crippen molar-refractivity contribution in [2.75, 3.05) is 29.1 Å². The van der Waals surface area contributed by atoms with Gasteiger partial charge in [0.2, 0.25) is 5.91 Å². The number of carbonyl (C=O) groups excluding carboxylic acids is 1. The Balaban J connectivity index is 1.46. The molecular formula is C19H21N5OS2. The quantitative estimate of drug-likeness (QED) is 0.516. The van der Waals surface area contributed by atoms with Crippen LogP contribution in [0.2, 0.25) is 0 Å². The highest BCUT2D eigenvalue weighted by Gasteiger charge is 2.19. The van der Waals surface area contributed by atoms with Gasteiger partial charge in [0, 0.05) is 18.8 Å². The van der Waals surface area contributed by atoms with Crippen molar-refractivity contribution >= 4 is 50.2 Å². The molecule has 2 aromatic heterocycles. The van der Waals surface area contributed by atoms with Gasteiger partial charge in [0.05, 0.1) is 5.75 Å². The maximum atomic E-state index is 12.4. The summed E-state index contributed by atoms with van der Waals surface area (Å²) in [5.41, 5.74) is 3.84. The molecule has 0 bridgehead atoms. The molecule has 1 aliphatic rings. The highest BCUT2D eigenvalue weighted by molar-refractivity contribution is 8.00. The van der Waals surface area contributed by atoms with E-state index in [4.69, 9.17) is 0 Å². The van der Waals surface area contributed by atoms with Crippen molar-refractivity contribution in [2.45, 2.75) is 31.7 Å². The topological polar surface area (TPSA) is 71.0 Å². The lowest BCUT2D eigenvalue weighted by atomic mass is 10.1. The number of rotatable bonds is 5. The predicted octanol–water partition coefficient (Wildman–Crippen LogP) is 4.03. The molecule has 3 aromatic rings. The average molecular weight is 400 g/mol. The summed E-state index contributed by atoms with van der Waals surface area (Å²) in [6.07, 6.45) is 3.95. The van der Waals surface area contributed by atoms with Crippen LogP contribution >= 0.6 is 23.1 Å². The first-order valence-electron chi connectivity index (χ1n) is 8.97. The molecule has 0 atom stereocenters. The minimum atomic E-state index is -0.0373.